The average Bonchev–Trinajstić information content (AvgIpc) is 2.61. The van der Waals surface area contributed by atoms with Crippen LogP contribution in [0.4, 0.5) is 0 Å². The largest absolute Gasteiger partial charge is 0.379 e. The molecule has 0 radical (unpaired) electrons. The Kier molecular flexibility index (Phi) is 6.10. The minimum Gasteiger partial charge on any atom is -0.379 e. The van der Waals surface area contributed by atoms with Gasteiger partial charge in [0.15, 0.2) is 0 Å². The van der Waals surface area contributed by atoms with E-state index in [0.29, 0.717) is 6.54 Å². The fourth-order valence-corrected chi connectivity index (χ4v) is 3.88. The van der Waals surface area contributed by atoms with Crippen molar-refractivity contribution in [2.24, 2.45) is 11.7 Å². The second-order valence-electron chi connectivity index (χ2n) is 7.73. The standard InChI is InChI=1S/C20H31N3O2/c1-20(21)9-3-2-4-18(20)19(24)22-14-16-5-7-17(8-6-16)15-23-10-12-25-13-11-23/h5-8,18H,2-4,9-15,21H2,1H3,(H,22,24). The van der Waals surface area contributed by atoms with Crippen molar-refractivity contribution in [3.05, 3.63) is 35.4 Å². The van der Waals surface area contributed by atoms with E-state index in [9.17, 15) is 4.79 Å². The number of nitrogens with zero attached hydrogens (tertiary/aromatic N) is 1. The van der Waals surface area contributed by atoms with Gasteiger partial charge in [-0.2, -0.15) is 0 Å². The number of benzene rings is 1. The zero-order valence-corrected chi connectivity index (χ0v) is 15.3. The molecule has 5 heteroatoms. The number of amides is 1. The lowest BCUT2D eigenvalue weighted by molar-refractivity contribution is -0.128. The molecular weight excluding hydrogens is 314 g/mol. The maximum Gasteiger partial charge on any atom is 0.225 e. The number of carbonyl (C=O) groups excluding carboxylic acids is 1. The summed E-state index contributed by atoms with van der Waals surface area (Å²) in [5.41, 5.74) is 8.39. The third-order valence-corrected chi connectivity index (χ3v) is 5.57. The normalized spacial score (nSPS) is 27.8. The second kappa shape index (κ2) is 8.30. The van der Waals surface area contributed by atoms with Crippen LogP contribution in [-0.2, 0) is 22.6 Å². The summed E-state index contributed by atoms with van der Waals surface area (Å²) >= 11 is 0. The van der Waals surface area contributed by atoms with E-state index in [1.54, 1.807) is 0 Å². The van der Waals surface area contributed by atoms with Crippen LogP contribution in [0.3, 0.4) is 0 Å². The summed E-state index contributed by atoms with van der Waals surface area (Å²) in [5.74, 6) is 0.0314. The molecule has 138 valence electrons. The highest BCUT2D eigenvalue weighted by atomic mass is 16.5. The summed E-state index contributed by atoms with van der Waals surface area (Å²) in [6, 6.07) is 8.53. The highest BCUT2D eigenvalue weighted by Gasteiger charge is 2.37. The van der Waals surface area contributed by atoms with Gasteiger partial charge < -0.3 is 15.8 Å². The van der Waals surface area contributed by atoms with Crippen LogP contribution in [-0.4, -0.2) is 42.6 Å². The van der Waals surface area contributed by atoms with Gasteiger partial charge in [0.05, 0.1) is 19.1 Å². The third-order valence-electron chi connectivity index (χ3n) is 5.57. The predicted octanol–water partition coefficient (Wildman–Crippen LogP) is 2.04. The highest BCUT2D eigenvalue weighted by Crippen LogP contribution is 2.31. The third kappa shape index (κ3) is 5.03. The Morgan fingerprint density at radius 3 is 2.60 bits per heavy atom. The molecule has 1 heterocycles. The number of hydrogen-bond acceptors (Lipinski definition) is 4. The Morgan fingerprint density at radius 2 is 1.92 bits per heavy atom. The van der Waals surface area contributed by atoms with E-state index < -0.39 is 0 Å². The van der Waals surface area contributed by atoms with Gasteiger partial charge in [-0.1, -0.05) is 37.1 Å². The van der Waals surface area contributed by atoms with Crippen LogP contribution >= 0.6 is 0 Å². The molecule has 1 saturated heterocycles. The van der Waals surface area contributed by atoms with Crippen molar-refractivity contribution < 1.29 is 9.53 Å². The van der Waals surface area contributed by atoms with Gasteiger partial charge in [0.25, 0.3) is 0 Å². The molecule has 1 aliphatic heterocycles. The molecule has 0 bridgehead atoms. The van der Waals surface area contributed by atoms with E-state index in [4.69, 9.17) is 10.5 Å². The van der Waals surface area contributed by atoms with Gasteiger partial charge in [-0.3, -0.25) is 9.69 Å². The Labute approximate surface area is 150 Å². The van der Waals surface area contributed by atoms with E-state index in [1.165, 1.54) is 5.56 Å². The molecule has 1 saturated carbocycles. The summed E-state index contributed by atoms with van der Waals surface area (Å²) in [7, 11) is 0. The predicted molar refractivity (Wildman–Crippen MR) is 98.9 cm³/mol. The molecule has 3 rings (SSSR count). The van der Waals surface area contributed by atoms with Crippen molar-refractivity contribution >= 4 is 5.91 Å². The molecule has 0 spiro atoms. The van der Waals surface area contributed by atoms with Gasteiger partial charge in [0.2, 0.25) is 5.91 Å². The van der Waals surface area contributed by atoms with E-state index in [1.807, 2.05) is 6.92 Å². The molecule has 2 aliphatic rings. The first-order valence-corrected chi connectivity index (χ1v) is 9.49. The summed E-state index contributed by atoms with van der Waals surface area (Å²) in [5, 5.41) is 3.08. The maximum absolute atomic E-state index is 12.5. The van der Waals surface area contributed by atoms with Crippen molar-refractivity contribution in [2.75, 3.05) is 26.3 Å². The minimum atomic E-state index is -0.371. The van der Waals surface area contributed by atoms with Gasteiger partial charge in [0.1, 0.15) is 0 Å². The van der Waals surface area contributed by atoms with Crippen LogP contribution in [0.5, 0.6) is 0 Å². The molecule has 2 atom stereocenters. The summed E-state index contributed by atoms with van der Waals surface area (Å²) in [4.78, 5) is 14.9. The lowest BCUT2D eigenvalue weighted by Gasteiger charge is -2.37. The number of nitrogens with one attached hydrogen (secondary N) is 1. The van der Waals surface area contributed by atoms with Crippen molar-refractivity contribution in [3.8, 4) is 0 Å². The van der Waals surface area contributed by atoms with Crippen LogP contribution in [0.15, 0.2) is 24.3 Å². The van der Waals surface area contributed by atoms with E-state index >= 15 is 0 Å². The zero-order chi connectivity index (χ0) is 17.7. The second-order valence-corrected chi connectivity index (χ2v) is 7.73. The zero-order valence-electron chi connectivity index (χ0n) is 15.3. The number of carbonyl (C=O) groups is 1. The molecule has 1 aromatic carbocycles. The van der Waals surface area contributed by atoms with Crippen molar-refractivity contribution in [1.82, 2.24) is 10.2 Å². The van der Waals surface area contributed by atoms with Crippen molar-refractivity contribution in [1.29, 1.82) is 0 Å². The molecule has 5 nitrogen and oxygen atoms in total. The smallest absolute Gasteiger partial charge is 0.225 e. The molecule has 2 fully saturated rings. The quantitative estimate of drug-likeness (QED) is 0.857. The number of rotatable bonds is 5. The number of nitrogens with two attached hydrogens (primary N) is 1. The first-order chi connectivity index (χ1) is 12.0. The Morgan fingerprint density at radius 1 is 1.24 bits per heavy atom. The lowest BCUT2D eigenvalue weighted by atomic mass is 9.74. The monoisotopic (exact) mass is 345 g/mol. The summed E-state index contributed by atoms with van der Waals surface area (Å²) in [6.45, 7) is 7.19. The van der Waals surface area contributed by atoms with Crippen LogP contribution in [0.1, 0.15) is 43.7 Å². The first-order valence-electron chi connectivity index (χ1n) is 9.49. The molecule has 1 aromatic rings. The summed E-state index contributed by atoms with van der Waals surface area (Å²) in [6.07, 6.45) is 4.06. The molecule has 2 unspecified atom stereocenters. The maximum atomic E-state index is 12.5. The van der Waals surface area contributed by atoms with Gasteiger partial charge in [-0.05, 0) is 30.9 Å². The summed E-state index contributed by atoms with van der Waals surface area (Å²) < 4.78 is 5.38. The van der Waals surface area contributed by atoms with Gasteiger partial charge in [0, 0.05) is 31.7 Å². The molecule has 25 heavy (non-hydrogen) atoms. The van der Waals surface area contributed by atoms with Crippen LogP contribution in [0.25, 0.3) is 0 Å². The van der Waals surface area contributed by atoms with Crippen LogP contribution in [0.2, 0.25) is 0 Å². The molecule has 3 N–H and O–H groups in total. The number of hydrogen-bond donors (Lipinski definition) is 2. The van der Waals surface area contributed by atoms with Crippen molar-refractivity contribution in [2.45, 2.75) is 51.2 Å². The molecule has 1 amide bonds. The SMILES string of the molecule is CC1(N)CCCCC1C(=O)NCc1ccc(CN2CCOCC2)cc1. The van der Waals surface area contributed by atoms with E-state index in [2.05, 4.69) is 34.5 Å². The highest BCUT2D eigenvalue weighted by molar-refractivity contribution is 5.80. The van der Waals surface area contributed by atoms with E-state index in [0.717, 1.165) is 64.1 Å². The van der Waals surface area contributed by atoms with Crippen molar-refractivity contribution in [3.63, 3.8) is 0 Å². The topological polar surface area (TPSA) is 67.6 Å². The molecule has 1 aliphatic carbocycles. The van der Waals surface area contributed by atoms with Gasteiger partial charge in [-0.15, -0.1) is 0 Å². The first kappa shape index (κ1) is 18.4. The fraction of sp³-hybridized carbons (Fsp3) is 0.650. The Hall–Kier alpha value is -1.43. The Balaban J connectivity index is 1.48. The minimum absolute atomic E-state index is 0.0677. The van der Waals surface area contributed by atoms with Gasteiger partial charge in [-0.25, -0.2) is 0 Å². The van der Waals surface area contributed by atoms with Crippen LogP contribution in [0, 0.1) is 5.92 Å². The van der Waals surface area contributed by atoms with E-state index in [-0.39, 0.29) is 17.4 Å². The number of morpholine rings is 1. The van der Waals surface area contributed by atoms with Gasteiger partial charge >= 0.3 is 0 Å². The molecule has 0 aromatic heterocycles. The average molecular weight is 345 g/mol. The lowest BCUT2D eigenvalue weighted by Crippen LogP contribution is -2.52. The van der Waals surface area contributed by atoms with Crippen LogP contribution < -0.4 is 11.1 Å². The fourth-order valence-electron chi connectivity index (χ4n) is 3.88. The number of ether oxygens (including phenoxy) is 1. The Bertz CT molecular complexity index is 565. The molecular formula is C20H31N3O2.